The molecule has 4 nitrogen and oxygen atoms in total. The van der Waals surface area contributed by atoms with Gasteiger partial charge >= 0.3 is 0 Å². The number of aryl methyl sites for hydroxylation is 1. The van der Waals surface area contributed by atoms with Gasteiger partial charge in [0, 0.05) is 24.0 Å². The van der Waals surface area contributed by atoms with E-state index in [1.54, 1.807) is 23.1 Å². The third-order valence-corrected chi connectivity index (χ3v) is 4.13. The fraction of sp³-hybridized carbons (Fsp3) is 0.294. The summed E-state index contributed by atoms with van der Waals surface area (Å²) in [5.74, 6) is 0.434. The molecule has 0 unspecified atom stereocenters. The third kappa shape index (κ3) is 4.76. The highest BCUT2D eigenvalue weighted by Crippen LogP contribution is 2.31. The Hall–Kier alpha value is -1.49. The van der Waals surface area contributed by atoms with Crippen molar-refractivity contribution in [2.45, 2.75) is 13.8 Å². The second-order valence-corrected chi connectivity index (χ2v) is 6.44. The van der Waals surface area contributed by atoms with E-state index in [1.807, 2.05) is 13.8 Å². The van der Waals surface area contributed by atoms with E-state index in [4.69, 9.17) is 39.5 Å². The molecule has 2 aromatic rings. The molecule has 0 saturated carbocycles. The summed E-state index contributed by atoms with van der Waals surface area (Å²) in [5, 5.41) is 1.44. The minimum atomic E-state index is -0.143. The quantitative estimate of drug-likeness (QED) is 0.708. The zero-order valence-corrected chi connectivity index (χ0v) is 15.6. The molecule has 0 fully saturated rings. The van der Waals surface area contributed by atoms with Crippen molar-refractivity contribution in [3.63, 3.8) is 0 Å². The van der Waals surface area contributed by atoms with Gasteiger partial charge in [-0.1, -0.05) is 34.8 Å². The van der Waals surface area contributed by atoms with E-state index in [0.717, 1.165) is 5.56 Å². The topological polar surface area (TPSA) is 42.4 Å². The molecule has 0 saturated heterocycles. The number of pyridine rings is 1. The number of carbonyl (C=O) groups excluding carboxylic acids is 1. The number of likely N-dealkylation sites (N-methyl/N-ethyl adjacent to an activating group) is 1. The Kier molecular flexibility index (Phi) is 6.72. The summed E-state index contributed by atoms with van der Waals surface area (Å²) in [6.45, 7) is 5.04. The highest BCUT2D eigenvalue weighted by Gasteiger charge is 2.15. The average Bonchev–Trinajstić information content (AvgIpc) is 2.53. The number of halogens is 3. The average molecular weight is 388 g/mol. The van der Waals surface area contributed by atoms with Gasteiger partial charge in [-0.3, -0.25) is 9.78 Å². The van der Waals surface area contributed by atoms with Crippen LogP contribution in [0.25, 0.3) is 0 Å². The molecular formula is C17H17Cl3N2O2. The van der Waals surface area contributed by atoms with Gasteiger partial charge in [0.1, 0.15) is 12.4 Å². The van der Waals surface area contributed by atoms with E-state index in [-0.39, 0.29) is 5.91 Å². The maximum Gasteiger partial charge on any atom is 0.255 e. The second-order valence-electron chi connectivity index (χ2n) is 5.16. The summed E-state index contributed by atoms with van der Waals surface area (Å²) < 4.78 is 5.74. The number of rotatable bonds is 6. The number of benzene rings is 1. The predicted octanol–water partition coefficient (Wildman–Crippen LogP) is 4.89. The second kappa shape index (κ2) is 8.56. The molecule has 7 heteroatoms. The Morgan fingerprint density at radius 3 is 2.54 bits per heavy atom. The number of aromatic nitrogens is 1. The normalized spacial score (nSPS) is 10.5. The highest BCUT2D eigenvalue weighted by molar-refractivity contribution is 6.35. The van der Waals surface area contributed by atoms with E-state index in [9.17, 15) is 4.79 Å². The van der Waals surface area contributed by atoms with Crippen molar-refractivity contribution >= 4 is 40.7 Å². The minimum absolute atomic E-state index is 0.143. The van der Waals surface area contributed by atoms with Crippen LogP contribution in [0.5, 0.6) is 5.75 Å². The van der Waals surface area contributed by atoms with Crippen LogP contribution >= 0.6 is 34.8 Å². The molecule has 0 aliphatic carbocycles. The van der Waals surface area contributed by atoms with Gasteiger partial charge in [0.25, 0.3) is 5.91 Å². The van der Waals surface area contributed by atoms with Crippen molar-refractivity contribution in [3.8, 4) is 5.75 Å². The zero-order chi connectivity index (χ0) is 17.7. The maximum absolute atomic E-state index is 12.5. The van der Waals surface area contributed by atoms with E-state index >= 15 is 0 Å². The predicted molar refractivity (Wildman–Crippen MR) is 97.5 cm³/mol. The Balaban J connectivity index is 2.01. The van der Waals surface area contributed by atoms with Gasteiger partial charge in [-0.2, -0.15) is 0 Å². The molecule has 0 aliphatic rings. The molecule has 0 aliphatic heterocycles. The lowest BCUT2D eigenvalue weighted by Crippen LogP contribution is -2.34. The molecule has 1 amide bonds. The molecule has 0 atom stereocenters. The van der Waals surface area contributed by atoms with Crippen molar-refractivity contribution < 1.29 is 9.53 Å². The molecule has 0 bridgehead atoms. The number of nitrogens with zero attached hydrogens (tertiary/aromatic N) is 2. The first-order valence-corrected chi connectivity index (χ1v) is 8.54. The number of hydrogen-bond donors (Lipinski definition) is 0. The van der Waals surface area contributed by atoms with Crippen LogP contribution in [0.15, 0.2) is 30.6 Å². The van der Waals surface area contributed by atoms with Gasteiger partial charge < -0.3 is 9.64 Å². The summed E-state index contributed by atoms with van der Waals surface area (Å²) in [4.78, 5) is 18.1. The molecule has 0 spiro atoms. The SMILES string of the molecule is CCN(CCOc1c(C)cc(Cl)cc1Cl)C(=O)c1cncc(Cl)c1. The van der Waals surface area contributed by atoms with Crippen molar-refractivity contribution in [2.24, 2.45) is 0 Å². The van der Waals surface area contributed by atoms with Gasteiger partial charge in [0.05, 0.1) is 22.2 Å². The lowest BCUT2D eigenvalue weighted by atomic mass is 10.2. The molecule has 24 heavy (non-hydrogen) atoms. The summed E-state index contributed by atoms with van der Waals surface area (Å²) in [5.41, 5.74) is 1.30. The monoisotopic (exact) mass is 386 g/mol. The fourth-order valence-corrected chi connectivity index (χ4v) is 3.07. The Bertz CT molecular complexity index is 715. The molecule has 0 radical (unpaired) electrons. The van der Waals surface area contributed by atoms with E-state index < -0.39 is 0 Å². The van der Waals surface area contributed by atoms with Crippen molar-refractivity contribution in [1.29, 1.82) is 0 Å². The van der Waals surface area contributed by atoms with Crippen molar-refractivity contribution in [1.82, 2.24) is 9.88 Å². The highest BCUT2D eigenvalue weighted by atomic mass is 35.5. The van der Waals surface area contributed by atoms with Crippen LogP contribution in [-0.4, -0.2) is 35.5 Å². The van der Waals surface area contributed by atoms with E-state index in [0.29, 0.717) is 46.1 Å². The Morgan fingerprint density at radius 1 is 1.17 bits per heavy atom. The standard InChI is InChI=1S/C17H17Cl3N2O2/c1-3-22(17(23)12-7-14(19)10-21-9-12)4-5-24-16-11(2)6-13(18)8-15(16)20/h6-10H,3-5H2,1-2H3. The maximum atomic E-state index is 12.5. The fourth-order valence-electron chi connectivity index (χ4n) is 2.24. The summed E-state index contributed by atoms with van der Waals surface area (Å²) >= 11 is 18.0. The first-order valence-electron chi connectivity index (χ1n) is 7.40. The summed E-state index contributed by atoms with van der Waals surface area (Å²) in [6.07, 6.45) is 2.99. The first-order chi connectivity index (χ1) is 11.4. The molecule has 1 aromatic carbocycles. The minimum Gasteiger partial charge on any atom is -0.490 e. The summed E-state index contributed by atoms with van der Waals surface area (Å²) in [7, 11) is 0. The molecule has 1 aromatic heterocycles. The third-order valence-electron chi connectivity index (χ3n) is 3.42. The van der Waals surface area contributed by atoms with Gasteiger partial charge in [-0.25, -0.2) is 0 Å². The van der Waals surface area contributed by atoms with Crippen LogP contribution in [0.3, 0.4) is 0 Å². The van der Waals surface area contributed by atoms with Crippen LogP contribution in [0.1, 0.15) is 22.8 Å². The van der Waals surface area contributed by atoms with Gasteiger partial charge in [0.15, 0.2) is 0 Å². The molecular weight excluding hydrogens is 371 g/mol. The van der Waals surface area contributed by atoms with Gasteiger partial charge in [-0.15, -0.1) is 0 Å². The zero-order valence-electron chi connectivity index (χ0n) is 13.4. The largest absolute Gasteiger partial charge is 0.490 e. The van der Waals surface area contributed by atoms with Gasteiger partial charge in [-0.05, 0) is 37.6 Å². The van der Waals surface area contributed by atoms with Crippen LogP contribution in [-0.2, 0) is 0 Å². The lowest BCUT2D eigenvalue weighted by molar-refractivity contribution is 0.0739. The summed E-state index contributed by atoms with van der Waals surface area (Å²) in [6, 6.07) is 5.01. The molecule has 128 valence electrons. The Morgan fingerprint density at radius 2 is 1.92 bits per heavy atom. The Labute approximate surface area is 156 Å². The van der Waals surface area contributed by atoms with Gasteiger partial charge in [0.2, 0.25) is 0 Å². The number of carbonyl (C=O) groups is 1. The molecule has 2 rings (SSSR count). The van der Waals surface area contributed by atoms with Crippen LogP contribution in [0.4, 0.5) is 0 Å². The van der Waals surface area contributed by atoms with Crippen LogP contribution in [0, 0.1) is 6.92 Å². The van der Waals surface area contributed by atoms with Crippen molar-refractivity contribution in [2.75, 3.05) is 19.7 Å². The van der Waals surface area contributed by atoms with E-state index in [2.05, 4.69) is 4.98 Å². The van der Waals surface area contributed by atoms with Crippen LogP contribution < -0.4 is 4.74 Å². The molecule has 0 N–H and O–H groups in total. The van der Waals surface area contributed by atoms with E-state index in [1.165, 1.54) is 12.4 Å². The van der Waals surface area contributed by atoms with Crippen molar-refractivity contribution in [3.05, 3.63) is 56.8 Å². The number of hydrogen-bond acceptors (Lipinski definition) is 3. The van der Waals surface area contributed by atoms with Crippen LogP contribution in [0.2, 0.25) is 15.1 Å². The number of ether oxygens (including phenoxy) is 1. The molecule has 1 heterocycles. The smallest absolute Gasteiger partial charge is 0.255 e. The lowest BCUT2D eigenvalue weighted by Gasteiger charge is -2.21. The number of amides is 1. The first kappa shape index (κ1) is 18.8.